The summed E-state index contributed by atoms with van der Waals surface area (Å²) in [6.45, 7) is 1.37. The Labute approximate surface area is 205 Å². The van der Waals surface area contributed by atoms with Crippen LogP contribution in [0.5, 0.6) is 0 Å². The summed E-state index contributed by atoms with van der Waals surface area (Å²) in [7, 11) is -3.93. The van der Waals surface area contributed by atoms with Gasteiger partial charge in [0.25, 0.3) is 10.0 Å². The van der Waals surface area contributed by atoms with E-state index in [4.69, 9.17) is 28.2 Å². The maximum Gasteiger partial charge on any atom is 0.263 e. The Bertz CT molecular complexity index is 1450. The van der Waals surface area contributed by atoms with Crippen LogP contribution in [-0.4, -0.2) is 52.9 Å². The lowest BCUT2D eigenvalue weighted by Crippen LogP contribution is -2.36. The number of aromatic amines is 1. The van der Waals surface area contributed by atoms with Crippen LogP contribution in [0.3, 0.4) is 0 Å². The van der Waals surface area contributed by atoms with Crippen LogP contribution in [0, 0.1) is 0 Å². The number of H-pyrrole nitrogens is 1. The lowest BCUT2D eigenvalue weighted by Gasteiger charge is -2.30. The van der Waals surface area contributed by atoms with Gasteiger partial charge in [-0.2, -0.15) is 5.10 Å². The molecule has 176 valence electrons. The Morgan fingerprint density at radius 1 is 1.06 bits per heavy atom. The van der Waals surface area contributed by atoms with Gasteiger partial charge in [-0.1, -0.05) is 23.2 Å². The molecule has 1 saturated heterocycles. The highest BCUT2D eigenvalue weighted by atomic mass is 35.5. The van der Waals surface area contributed by atoms with E-state index in [-0.39, 0.29) is 21.0 Å². The van der Waals surface area contributed by atoms with E-state index in [1.807, 2.05) is 0 Å². The monoisotopic (exact) mass is 518 g/mol. The predicted molar refractivity (Wildman–Crippen MR) is 132 cm³/mol. The van der Waals surface area contributed by atoms with E-state index in [0.29, 0.717) is 48.7 Å². The van der Waals surface area contributed by atoms with Crippen molar-refractivity contribution in [3.63, 3.8) is 0 Å². The van der Waals surface area contributed by atoms with Crippen LogP contribution in [0.25, 0.3) is 22.4 Å². The first-order valence-corrected chi connectivity index (χ1v) is 12.8. The summed E-state index contributed by atoms with van der Waals surface area (Å²) >= 11 is 12.0. The predicted octanol–water partition coefficient (Wildman–Crippen LogP) is 4.09. The molecule has 0 aliphatic carbocycles. The number of benzene rings is 2. The van der Waals surface area contributed by atoms with Gasteiger partial charge in [-0.15, -0.1) is 0 Å². The van der Waals surface area contributed by atoms with Crippen molar-refractivity contribution in [2.75, 3.05) is 22.7 Å². The largest absolute Gasteiger partial charge is 0.393 e. The van der Waals surface area contributed by atoms with Crippen LogP contribution in [0.1, 0.15) is 12.8 Å². The molecule has 0 bridgehead atoms. The number of anilines is 2. The van der Waals surface area contributed by atoms with Gasteiger partial charge >= 0.3 is 0 Å². The Morgan fingerprint density at radius 2 is 1.79 bits per heavy atom. The van der Waals surface area contributed by atoms with Crippen molar-refractivity contribution in [1.82, 2.24) is 20.2 Å². The van der Waals surface area contributed by atoms with Crippen LogP contribution < -0.4 is 9.62 Å². The standard InChI is InChI=1S/C22H20Cl2N6O3S/c23-14-3-6-18(24)19(11-14)34(32,33)29-15-4-1-13(2-5-15)20-26-21-17(12-25-28-21)22(27-20)30-9-7-16(31)8-10-30/h1-6,11-12,16,29,31H,7-10H2,(H,25,26,27,28). The number of piperidine rings is 1. The first-order chi connectivity index (χ1) is 16.3. The molecule has 0 radical (unpaired) electrons. The second-order valence-electron chi connectivity index (χ2n) is 7.98. The highest BCUT2D eigenvalue weighted by Crippen LogP contribution is 2.30. The second-order valence-corrected chi connectivity index (χ2v) is 10.5. The minimum Gasteiger partial charge on any atom is -0.393 e. The van der Waals surface area contributed by atoms with E-state index in [9.17, 15) is 13.5 Å². The van der Waals surface area contributed by atoms with Gasteiger partial charge in [0.1, 0.15) is 10.7 Å². The molecule has 0 atom stereocenters. The number of fused-ring (bicyclic) bond motifs is 1. The van der Waals surface area contributed by atoms with Crippen molar-refractivity contribution in [3.05, 3.63) is 58.7 Å². The summed E-state index contributed by atoms with van der Waals surface area (Å²) in [6.07, 6.45) is 2.74. The number of aliphatic hydroxyl groups excluding tert-OH is 1. The molecule has 0 unspecified atom stereocenters. The van der Waals surface area contributed by atoms with E-state index in [2.05, 4.69) is 24.8 Å². The summed E-state index contributed by atoms with van der Waals surface area (Å²) in [6, 6.07) is 11.0. The molecule has 0 amide bonds. The average molecular weight is 519 g/mol. The second kappa shape index (κ2) is 9.03. The average Bonchev–Trinajstić information content (AvgIpc) is 3.30. The molecule has 2 aromatic heterocycles. The van der Waals surface area contributed by atoms with Crippen molar-refractivity contribution >= 4 is 55.8 Å². The Balaban J connectivity index is 1.43. The minimum absolute atomic E-state index is 0.0764. The zero-order valence-electron chi connectivity index (χ0n) is 17.7. The lowest BCUT2D eigenvalue weighted by atomic mass is 10.1. The van der Waals surface area contributed by atoms with E-state index in [0.717, 1.165) is 11.2 Å². The summed E-state index contributed by atoms with van der Waals surface area (Å²) in [5.74, 6) is 1.23. The van der Waals surface area contributed by atoms with Crippen molar-refractivity contribution < 1.29 is 13.5 Å². The summed E-state index contributed by atoms with van der Waals surface area (Å²) in [4.78, 5) is 11.4. The van der Waals surface area contributed by atoms with E-state index in [1.165, 1.54) is 18.2 Å². The third kappa shape index (κ3) is 4.54. The molecule has 9 nitrogen and oxygen atoms in total. The zero-order valence-corrected chi connectivity index (χ0v) is 20.1. The summed E-state index contributed by atoms with van der Waals surface area (Å²) < 4.78 is 28.1. The van der Waals surface area contributed by atoms with Crippen LogP contribution in [0.4, 0.5) is 11.5 Å². The van der Waals surface area contributed by atoms with Crippen LogP contribution in [-0.2, 0) is 10.0 Å². The SMILES string of the molecule is O=S(=O)(Nc1ccc(-c2nc(N3CCC(O)CC3)c3cn[nH]c3n2)cc1)c1cc(Cl)ccc1Cl. The van der Waals surface area contributed by atoms with E-state index in [1.54, 1.807) is 30.5 Å². The molecular weight excluding hydrogens is 499 g/mol. The van der Waals surface area contributed by atoms with Gasteiger partial charge < -0.3 is 10.0 Å². The number of nitrogens with zero attached hydrogens (tertiary/aromatic N) is 4. The lowest BCUT2D eigenvalue weighted by molar-refractivity contribution is 0.145. The van der Waals surface area contributed by atoms with Crippen molar-refractivity contribution in [3.8, 4) is 11.4 Å². The van der Waals surface area contributed by atoms with Gasteiger partial charge in [0.05, 0.1) is 22.7 Å². The number of hydrogen-bond donors (Lipinski definition) is 3. The zero-order chi connectivity index (χ0) is 23.9. The molecule has 12 heteroatoms. The fourth-order valence-corrected chi connectivity index (χ4v) is 5.67. The summed E-state index contributed by atoms with van der Waals surface area (Å²) in [5, 5.41) is 18.0. The third-order valence-electron chi connectivity index (χ3n) is 5.63. The number of rotatable bonds is 5. The van der Waals surface area contributed by atoms with E-state index >= 15 is 0 Å². The maximum atomic E-state index is 12.8. The number of sulfonamides is 1. The first kappa shape index (κ1) is 22.9. The van der Waals surface area contributed by atoms with Crippen LogP contribution in [0.15, 0.2) is 53.6 Å². The molecule has 2 aromatic carbocycles. The number of nitrogens with one attached hydrogen (secondary N) is 2. The van der Waals surface area contributed by atoms with Crippen LogP contribution in [0.2, 0.25) is 10.0 Å². The van der Waals surface area contributed by atoms with Gasteiger partial charge in [-0.25, -0.2) is 18.4 Å². The van der Waals surface area contributed by atoms with Gasteiger partial charge in [0.2, 0.25) is 0 Å². The Morgan fingerprint density at radius 3 is 2.53 bits per heavy atom. The van der Waals surface area contributed by atoms with Crippen molar-refractivity contribution in [2.24, 2.45) is 0 Å². The smallest absolute Gasteiger partial charge is 0.263 e. The molecule has 5 rings (SSSR count). The molecular formula is C22H20Cl2N6O3S. The molecule has 34 heavy (non-hydrogen) atoms. The highest BCUT2D eigenvalue weighted by Gasteiger charge is 2.22. The molecule has 3 heterocycles. The quantitative estimate of drug-likeness (QED) is 0.363. The molecule has 3 N–H and O–H groups in total. The number of halogens is 2. The Hall–Kier alpha value is -2.92. The van der Waals surface area contributed by atoms with Crippen LogP contribution >= 0.6 is 23.2 Å². The summed E-state index contributed by atoms with van der Waals surface area (Å²) in [5.41, 5.74) is 1.66. The minimum atomic E-state index is -3.93. The fourth-order valence-electron chi connectivity index (χ4n) is 3.85. The number of hydrogen-bond acceptors (Lipinski definition) is 7. The van der Waals surface area contributed by atoms with Gasteiger partial charge in [0, 0.05) is 29.4 Å². The molecule has 1 fully saturated rings. The van der Waals surface area contributed by atoms with Gasteiger partial charge in [0.15, 0.2) is 11.5 Å². The molecule has 1 aliphatic rings. The van der Waals surface area contributed by atoms with Crippen molar-refractivity contribution in [2.45, 2.75) is 23.8 Å². The topological polar surface area (TPSA) is 124 Å². The third-order valence-corrected chi connectivity index (χ3v) is 7.73. The number of aliphatic hydroxyl groups is 1. The molecule has 0 spiro atoms. The first-order valence-electron chi connectivity index (χ1n) is 10.5. The maximum absolute atomic E-state index is 12.8. The van der Waals surface area contributed by atoms with Gasteiger partial charge in [-0.05, 0) is 55.3 Å². The van der Waals surface area contributed by atoms with Crippen molar-refractivity contribution in [1.29, 1.82) is 0 Å². The number of aromatic nitrogens is 4. The van der Waals surface area contributed by atoms with Gasteiger partial charge in [-0.3, -0.25) is 9.82 Å². The normalized spacial score (nSPS) is 15.1. The van der Waals surface area contributed by atoms with E-state index < -0.39 is 10.0 Å². The fraction of sp³-hybridized carbons (Fsp3) is 0.227. The molecule has 1 aliphatic heterocycles. The highest BCUT2D eigenvalue weighted by molar-refractivity contribution is 7.92. The molecule has 4 aromatic rings. The molecule has 0 saturated carbocycles. The Kier molecular flexibility index (Phi) is 6.07.